The van der Waals surface area contributed by atoms with Crippen LogP contribution < -0.4 is 10.2 Å². The molecular formula is C19H29N3O2. The number of anilines is 2. The van der Waals surface area contributed by atoms with Crippen molar-refractivity contribution in [1.29, 1.82) is 0 Å². The number of benzene rings is 1. The van der Waals surface area contributed by atoms with Crippen molar-refractivity contribution in [3.05, 3.63) is 24.3 Å². The number of nitrogens with zero attached hydrogens (tertiary/aromatic N) is 2. The molecule has 2 unspecified atom stereocenters. The zero-order valence-electron chi connectivity index (χ0n) is 14.8. The largest absolute Gasteiger partial charge is 0.378 e. The molecule has 0 spiro atoms. The van der Waals surface area contributed by atoms with Gasteiger partial charge >= 0.3 is 0 Å². The third kappa shape index (κ3) is 4.71. The maximum absolute atomic E-state index is 12.3. The molecule has 2 fully saturated rings. The zero-order valence-corrected chi connectivity index (χ0v) is 14.8. The second-order valence-corrected chi connectivity index (χ2v) is 7.33. The van der Waals surface area contributed by atoms with Gasteiger partial charge in [0, 0.05) is 37.6 Å². The lowest BCUT2D eigenvalue weighted by Crippen LogP contribution is -2.42. The molecule has 0 bridgehead atoms. The molecule has 0 radical (unpaired) electrons. The van der Waals surface area contributed by atoms with E-state index in [1.165, 1.54) is 12.1 Å². The Morgan fingerprint density at radius 2 is 1.75 bits per heavy atom. The Labute approximate surface area is 145 Å². The predicted molar refractivity (Wildman–Crippen MR) is 97.5 cm³/mol. The molecule has 0 saturated carbocycles. The van der Waals surface area contributed by atoms with E-state index in [1.54, 1.807) is 0 Å². The van der Waals surface area contributed by atoms with Crippen LogP contribution in [0.5, 0.6) is 0 Å². The topological polar surface area (TPSA) is 44.8 Å². The van der Waals surface area contributed by atoms with Gasteiger partial charge in [-0.15, -0.1) is 0 Å². The third-order valence-electron chi connectivity index (χ3n) is 4.84. The molecule has 2 aliphatic heterocycles. The summed E-state index contributed by atoms with van der Waals surface area (Å²) in [5.41, 5.74) is 2.06. The number of carbonyl (C=O) groups excluding carboxylic acids is 1. The average molecular weight is 331 g/mol. The number of amides is 1. The van der Waals surface area contributed by atoms with Crippen LogP contribution in [0.4, 0.5) is 11.4 Å². The lowest BCUT2D eigenvalue weighted by atomic mass is 9.92. The lowest BCUT2D eigenvalue weighted by molar-refractivity contribution is -0.117. The van der Waals surface area contributed by atoms with Gasteiger partial charge in [0.15, 0.2) is 0 Å². The van der Waals surface area contributed by atoms with Crippen LogP contribution in [0.1, 0.15) is 20.3 Å². The zero-order chi connectivity index (χ0) is 16.9. The first kappa shape index (κ1) is 17.2. The Balaban J connectivity index is 1.50. The van der Waals surface area contributed by atoms with Crippen LogP contribution in [-0.2, 0) is 9.53 Å². The van der Waals surface area contributed by atoms with Crippen LogP contribution in [0.2, 0.25) is 0 Å². The summed E-state index contributed by atoms with van der Waals surface area (Å²) in [7, 11) is 0. The maximum Gasteiger partial charge on any atom is 0.238 e. The average Bonchev–Trinajstić information content (AvgIpc) is 2.55. The van der Waals surface area contributed by atoms with E-state index < -0.39 is 0 Å². The summed E-state index contributed by atoms with van der Waals surface area (Å²) in [6.45, 7) is 10.5. The second kappa shape index (κ2) is 7.99. The minimum Gasteiger partial charge on any atom is -0.378 e. The third-order valence-corrected chi connectivity index (χ3v) is 4.84. The van der Waals surface area contributed by atoms with Crippen molar-refractivity contribution in [1.82, 2.24) is 4.90 Å². The molecule has 0 aliphatic carbocycles. The molecule has 2 aliphatic rings. The molecule has 1 aromatic carbocycles. The summed E-state index contributed by atoms with van der Waals surface area (Å²) in [5, 5.41) is 3.03. The van der Waals surface area contributed by atoms with Crippen LogP contribution in [-0.4, -0.2) is 56.7 Å². The van der Waals surface area contributed by atoms with Crippen LogP contribution >= 0.6 is 0 Å². The van der Waals surface area contributed by atoms with E-state index in [-0.39, 0.29) is 5.91 Å². The van der Waals surface area contributed by atoms with Crippen LogP contribution in [0.25, 0.3) is 0 Å². The SMILES string of the molecule is CC1CC(C)CN(CC(=O)Nc2ccc(N3CCOCC3)cc2)C1. The Morgan fingerprint density at radius 1 is 1.12 bits per heavy atom. The van der Waals surface area contributed by atoms with E-state index in [9.17, 15) is 4.79 Å². The van der Waals surface area contributed by atoms with Gasteiger partial charge in [-0.05, 0) is 42.5 Å². The summed E-state index contributed by atoms with van der Waals surface area (Å²) in [5.74, 6) is 1.43. The van der Waals surface area contributed by atoms with Crippen molar-refractivity contribution in [3.8, 4) is 0 Å². The van der Waals surface area contributed by atoms with Gasteiger partial charge < -0.3 is 15.0 Å². The van der Waals surface area contributed by atoms with Gasteiger partial charge in [0.25, 0.3) is 0 Å². The van der Waals surface area contributed by atoms with Crippen LogP contribution in [0.3, 0.4) is 0 Å². The van der Waals surface area contributed by atoms with Crippen molar-refractivity contribution in [3.63, 3.8) is 0 Å². The quantitative estimate of drug-likeness (QED) is 0.920. The van der Waals surface area contributed by atoms with E-state index in [4.69, 9.17) is 4.74 Å². The number of rotatable bonds is 4. The minimum absolute atomic E-state index is 0.0791. The lowest BCUT2D eigenvalue weighted by Gasteiger charge is -2.34. The first-order chi connectivity index (χ1) is 11.6. The maximum atomic E-state index is 12.3. The van der Waals surface area contributed by atoms with Gasteiger partial charge in [-0.2, -0.15) is 0 Å². The van der Waals surface area contributed by atoms with Crippen LogP contribution in [0, 0.1) is 11.8 Å². The summed E-state index contributed by atoms with van der Waals surface area (Å²) in [4.78, 5) is 16.9. The Kier molecular flexibility index (Phi) is 5.74. The number of hydrogen-bond donors (Lipinski definition) is 1. The Hall–Kier alpha value is -1.59. The van der Waals surface area contributed by atoms with Crippen molar-refractivity contribution in [2.24, 2.45) is 11.8 Å². The summed E-state index contributed by atoms with van der Waals surface area (Å²) in [6.07, 6.45) is 1.27. The summed E-state index contributed by atoms with van der Waals surface area (Å²) < 4.78 is 5.38. The summed E-state index contributed by atoms with van der Waals surface area (Å²) >= 11 is 0. The molecule has 0 aromatic heterocycles. The number of piperidine rings is 1. The monoisotopic (exact) mass is 331 g/mol. The van der Waals surface area contributed by atoms with Crippen molar-refractivity contribution >= 4 is 17.3 Å². The molecular weight excluding hydrogens is 302 g/mol. The highest BCUT2D eigenvalue weighted by Gasteiger charge is 2.23. The molecule has 132 valence electrons. The van der Waals surface area contributed by atoms with E-state index in [1.807, 2.05) is 12.1 Å². The molecule has 2 saturated heterocycles. The molecule has 5 heteroatoms. The van der Waals surface area contributed by atoms with Gasteiger partial charge in [0.2, 0.25) is 5.91 Å². The van der Waals surface area contributed by atoms with E-state index >= 15 is 0 Å². The molecule has 1 N–H and O–H groups in total. The number of nitrogens with one attached hydrogen (secondary N) is 1. The second-order valence-electron chi connectivity index (χ2n) is 7.33. The fourth-order valence-electron chi connectivity index (χ4n) is 3.90. The number of likely N-dealkylation sites (tertiary alicyclic amines) is 1. The number of ether oxygens (including phenoxy) is 1. The van der Waals surface area contributed by atoms with Gasteiger partial charge in [0.1, 0.15) is 0 Å². The molecule has 2 heterocycles. The van der Waals surface area contributed by atoms with Gasteiger partial charge in [-0.1, -0.05) is 13.8 Å². The van der Waals surface area contributed by atoms with Gasteiger partial charge in [-0.25, -0.2) is 0 Å². The van der Waals surface area contributed by atoms with Gasteiger partial charge in [-0.3, -0.25) is 9.69 Å². The number of hydrogen-bond acceptors (Lipinski definition) is 4. The first-order valence-electron chi connectivity index (χ1n) is 9.05. The Bertz CT molecular complexity index is 530. The number of morpholine rings is 1. The van der Waals surface area contributed by atoms with Gasteiger partial charge in [0.05, 0.1) is 19.8 Å². The highest BCUT2D eigenvalue weighted by Crippen LogP contribution is 2.21. The molecule has 2 atom stereocenters. The standard InChI is InChI=1S/C19H29N3O2/c1-15-11-16(2)13-21(12-15)14-19(23)20-17-3-5-18(6-4-17)22-7-9-24-10-8-22/h3-6,15-16H,7-14H2,1-2H3,(H,20,23). The van der Waals surface area contributed by atoms with Crippen LogP contribution in [0.15, 0.2) is 24.3 Å². The normalized spacial score (nSPS) is 25.5. The fourth-order valence-corrected chi connectivity index (χ4v) is 3.90. The minimum atomic E-state index is 0.0791. The van der Waals surface area contributed by atoms with E-state index in [0.717, 1.165) is 45.1 Å². The smallest absolute Gasteiger partial charge is 0.238 e. The Morgan fingerprint density at radius 3 is 2.38 bits per heavy atom. The molecule has 1 aromatic rings. The highest BCUT2D eigenvalue weighted by molar-refractivity contribution is 5.92. The molecule has 3 rings (SSSR count). The van der Waals surface area contributed by atoms with Crippen molar-refractivity contribution in [2.45, 2.75) is 20.3 Å². The highest BCUT2D eigenvalue weighted by atomic mass is 16.5. The fraction of sp³-hybridized carbons (Fsp3) is 0.632. The molecule has 5 nitrogen and oxygen atoms in total. The predicted octanol–water partition coefficient (Wildman–Crippen LogP) is 2.44. The number of carbonyl (C=O) groups is 1. The molecule has 24 heavy (non-hydrogen) atoms. The van der Waals surface area contributed by atoms with E-state index in [0.29, 0.717) is 18.4 Å². The van der Waals surface area contributed by atoms with E-state index in [2.05, 4.69) is 41.1 Å². The van der Waals surface area contributed by atoms with Crippen molar-refractivity contribution < 1.29 is 9.53 Å². The molecule has 1 amide bonds. The van der Waals surface area contributed by atoms with Crippen molar-refractivity contribution in [2.75, 3.05) is 56.2 Å². The first-order valence-corrected chi connectivity index (χ1v) is 9.05. The summed E-state index contributed by atoms with van der Waals surface area (Å²) in [6, 6.07) is 8.13.